The molecule has 1 aromatic heterocycles. The average molecular weight is 685 g/mol. The second-order valence-corrected chi connectivity index (χ2v) is 15.4. The predicted molar refractivity (Wildman–Crippen MR) is 184 cm³/mol. The maximum atomic E-state index is 12.1. The van der Waals surface area contributed by atoms with Crippen molar-refractivity contribution >= 4 is 78.0 Å². The molecule has 13 heteroatoms. The molecule has 0 fully saturated rings. The van der Waals surface area contributed by atoms with E-state index in [1.165, 1.54) is 93.7 Å². The molecule has 1 aliphatic rings. The van der Waals surface area contributed by atoms with E-state index in [1.54, 1.807) is 18.2 Å². The Balaban J connectivity index is 1.11. The number of thiazole rings is 1. The average Bonchev–Trinajstić information content (AvgIpc) is 3.65. The fourth-order valence-corrected chi connectivity index (χ4v) is 8.87. The molecule has 9 nitrogen and oxygen atoms in total. The highest BCUT2D eigenvalue weighted by molar-refractivity contribution is 8.76. The van der Waals surface area contributed by atoms with Crippen LogP contribution in [0.15, 0.2) is 23.2 Å². The van der Waals surface area contributed by atoms with Crippen LogP contribution in [0.2, 0.25) is 0 Å². The fraction of sp³-hybridized carbons (Fsp3) is 0.645. The van der Waals surface area contributed by atoms with Gasteiger partial charge in [-0.05, 0) is 31.4 Å². The lowest BCUT2D eigenvalue weighted by atomic mass is 10.0. The number of aliphatic imine (C=N–C) groups is 1. The lowest BCUT2D eigenvalue weighted by molar-refractivity contribution is -0.138. The molecule has 1 unspecified atom stereocenters. The van der Waals surface area contributed by atoms with Crippen molar-refractivity contribution in [2.75, 3.05) is 23.9 Å². The summed E-state index contributed by atoms with van der Waals surface area (Å²) in [5, 5.41) is 19.1. The van der Waals surface area contributed by atoms with Crippen molar-refractivity contribution in [2.45, 2.75) is 102 Å². The summed E-state index contributed by atoms with van der Waals surface area (Å²) < 4.78 is 11.4. The minimum absolute atomic E-state index is 0.309. The van der Waals surface area contributed by atoms with Crippen LogP contribution in [0.5, 0.6) is 5.75 Å². The molecule has 2 heterocycles. The smallest absolute Gasteiger partial charge is 0.481 e. The molecule has 0 spiro atoms. The van der Waals surface area contributed by atoms with Crippen LogP contribution in [0.1, 0.15) is 101 Å². The quantitative estimate of drug-likeness (QED) is 0.0474. The van der Waals surface area contributed by atoms with E-state index in [2.05, 4.69) is 9.98 Å². The molecular formula is C31H44N2O7S4. The number of fused-ring (bicyclic) bond motifs is 1. The molecule has 0 radical (unpaired) electrons. The summed E-state index contributed by atoms with van der Waals surface area (Å²) in [6.07, 6.45) is 16.3. The van der Waals surface area contributed by atoms with E-state index in [9.17, 15) is 14.4 Å². The zero-order chi connectivity index (χ0) is 31.4. The predicted octanol–water partition coefficient (Wildman–Crippen LogP) is 9.08. The van der Waals surface area contributed by atoms with E-state index in [1.807, 2.05) is 21.6 Å². The monoisotopic (exact) mass is 684 g/mol. The molecule has 2 N–H and O–H groups in total. The normalized spacial score (nSPS) is 14.5. The first-order valence-electron chi connectivity index (χ1n) is 15.6. The third-order valence-electron chi connectivity index (χ3n) is 6.97. The molecule has 2 aromatic rings. The van der Waals surface area contributed by atoms with Gasteiger partial charge in [0.05, 0.1) is 16.8 Å². The third-order valence-corrected chi connectivity index (χ3v) is 11.8. The van der Waals surface area contributed by atoms with Crippen molar-refractivity contribution in [3.63, 3.8) is 0 Å². The van der Waals surface area contributed by atoms with Gasteiger partial charge in [0.1, 0.15) is 15.8 Å². The Kier molecular flexibility index (Phi) is 18.0. The largest absolute Gasteiger partial charge is 0.513 e. The van der Waals surface area contributed by atoms with Gasteiger partial charge >= 0.3 is 18.1 Å². The lowest BCUT2D eigenvalue weighted by Crippen LogP contribution is -2.17. The topological polar surface area (TPSA) is 135 Å². The summed E-state index contributed by atoms with van der Waals surface area (Å²) in [5.74, 6) is 1.23. The summed E-state index contributed by atoms with van der Waals surface area (Å²) in [4.78, 5) is 42.5. The number of carboxylic acid groups (broad SMARTS) is 2. The highest BCUT2D eigenvalue weighted by atomic mass is 33.1. The summed E-state index contributed by atoms with van der Waals surface area (Å²) in [7, 11) is 3.71. The molecule has 0 bridgehead atoms. The molecule has 0 aliphatic carbocycles. The van der Waals surface area contributed by atoms with Crippen molar-refractivity contribution in [2.24, 2.45) is 4.99 Å². The minimum atomic E-state index is -0.934. The van der Waals surface area contributed by atoms with Gasteiger partial charge < -0.3 is 19.7 Å². The van der Waals surface area contributed by atoms with Crippen LogP contribution in [-0.2, 0) is 14.3 Å². The minimum Gasteiger partial charge on any atom is -0.481 e. The van der Waals surface area contributed by atoms with Crippen LogP contribution < -0.4 is 4.74 Å². The number of aliphatic carboxylic acids is 2. The van der Waals surface area contributed by atoms with Gasteiger partial charge in [-0.3, -0.25) is 9.79 Å². The van der Waals surface area contributed by atoms with Crippen LogP contribution >= 0.6 is 44.7 Å². The fourth-order valence-electron chi connectivity index (χ4n) is 4.58. The SMILES string of the molecule is O=C(O)CCCCCCCCCCCCCCCSSCCCOC(=O)Oc1ccc2nc(C3=NC(C(=O)O)CS3)sc2c1. The van der Waals surface area contributed by atoms with E-state index in [4.69, 9.17) is 19.7 Å². The van der Waals surface area contributed by atoms with Gasteiger partial charge in [-0.25, -0.2) is 14.6 Å². The van der Waals surface area contributed by atoms with Crippen molar-refractivity contribution in [1.29, 1.82) is 0 Å². The Morgan fingerprint density at radius 1 is 0.841 bits per heavy atom. The van der Waals surface area contributed by atoms with Crippen LogP contribution in [0.25, 0.3) is 10.2 Å². The number of ether oxygens (including phenoxy) is 2. The molecule has 1 atom stereocenters. The van der Waals surface area contributed by atoms with Gasteiger partial charge in [-0.2, -0.15) is 0 Å². The maximum Gasteiger partial charge on any atom is 0.513 e. The van der Waals surface area contributed by atoms with Crippen molar-refractivity contribution in [3.8, 4) is 5.75 Å². The van der Waals surface area contributed by atoms with Gasteiger partial charge in [-0.1, -0.05) is 92.2 Å². The molecule has 1 aromatic carbocycles. The number of thioether (sulfide) groups is 1. The van der Waals surface area contributed by atoms with Gasteiger partial charge in [0.25, 0.3) is 0 Å². The van der Waals surface area contributed by atoms with Crippen LogP contribution in [-0.4, -0.2) is 68.2 Å². The van der Waals surface area contributed by atoms with Gasteiger partial charge in [0.15, 0.2) is 6.04 Å². The zero-order valence-corrected chi connectivity index (χ0v) is 28.5. The van der Waals surface area contributed by atoms with E-state index < -0.39 is 24.1 Å². The maximum absolute atomic E-state index is 12.1. The second-order valence-electron chi connectivity index (χ2n) is 10.7. The van der Waals surface area contributed by atoms with Crippen LogP contribution in [0.3, 0.4) is 0 Å². The van der Waals surface area contributed by atoms with Crippen molar-refractivity contribution in [3.05, 3.63) is 23.2 Å². The number of hydrogen-bond acceptors (Lipinski definition) is 11. The number of unbranched alkanes of at least 4 members (excludes halogenated alkanes) is 12. The number of aromatic nitrogens is 1. The number of carbonyl (C=O) groups excluding carboxylic acids is 1. The Labute approximate surface area is 276 Å². The number of carboxylic acids is 2. The van der Waals surface area contributed by atoms with Crippen LogP contribution in [0, 0.1) is 0 Å². The Morgan fingerprint density at radius 2 is 1.45 bits per heavy atom. The number of rotatable bonds is 24. The van der Waals surface area contributed by atoms with Crippen LogP contribution in [0.4, 0.5) is 4.79 Å². The standard InChI is InChI=1S/C31H44N2O7S4/c34-27(35)15-12-10-8-6-4-2-1-3-5-7-9-11-13-19-42-43-20-14-18-39-31(38)40-23-16-17-24-26(21-23)44-29(32-24)28-33-25(22-41-28)30(36)37/h16-17,21,25H,1-15,18-20,22H2,(H,34,35)(H,36,37). The summed E-state index contributed by atoms with van der Waals surface area (Å²) in [6, 6.07) is 4.43. The molecule has 1 aliphatic heterocycles. The Hall–Kier alpha value is -1.96. The van der Waals surface area contributed by atoms with E-state index in [0.29, 0.717) is 34.6 Å². The van der Waals surface area contributed by atoms with Crippen molar-refractivity contribution < 1.29 is 34.1 Å². The molecule has 3 rings (SSSR count). The summed E-state index contributed by atoms with van der Waals surface area (Å²) in [6.45, 7) is 0.313. The highest BCUT2D eigenvalue weighted by Crippen LogP contribution is 2.32. The van der Waals surface area contributed by atoms with Crippen molar-refractivity contribution in [1.82, 2.24) is 4.98 Å². The number of benzene rings is 1. The Morgan fingerprint density at radius 3 is 2.07 bits per heavy atom. The molecule has 0 amide bonds. The number of nitrogens with zero attached hydrogens (tertiary/aromatic N) is 2. The third kappa shape index (κ3) is 14.9. The van der Waals surface area contributed by atoms with Gasteiger partial charge in [-0.15, -0.1) is 23.1 Å². The molecule has 0 saturated heterocycles. The first kappa shape index (κ1) is 36.5. The number of hydrogen-bond donors (Lipinski definition) is 2. The second kappa shape index (κ2) is 21.7. The summed E-state index contributed by atoms with van der Waals surface area (Å²) in [5.41, 5.74) is 0.740. The summed E-state index contributed by atoms with van der Waals surface area (Å²) >= 11 is 2.78. The molecule has 44 heavy (non-hydrogen) atoms. The first-order valence-corrected chi connectivity index (χ1v) is 19.9. The van der Waals surface area contributed by atoms with Gasteiger partial charge in [0.2, 0.25) is 0 Å². The zero-order valence-electron chi connectivity index (χ0n) is 25.2. The molecule has 0 saturated carbocycles. The van der Waals surface area contributed by atoms with Gasteiger partial charge in [0, 0.05) is 29.7 Å². The van der Waals surface area contributed by atoms with E-state index in [-0.39, 0.29) is 0 Å². The molecular weight excluding hydrogens is 641 g/mol. The Bertz CT molecular complexity index is 1210. The lowest BCUT2D eigenvalue weighted by Gasteiger charge is -2.06. The first-order chi connectivity index (χ1) is 21.4. The van der Waals surface area contributed by atoms with E-state index in [0.717, 1.165) is 41.0 Å². The van der Waals surface area contributed by atoms with E-state index >= 15 is 0 Å². The highest BCUT2D eigenvalue weighted by Gasteiger charge is 2.27. The molecule has 244 valence electrons. The number of carbonyl (C=O) groups is 3.